The van der Waals surface area contributed by atoms with Crippen molar-refractivity contribution in [2.75, 3.05) is 0 Å². The van der Waals surface area contributed by atoms with Gasteiger partial charge < -0.3 is 10.6 Å². The van der Waals surface area contributed by atoms with Crippen LogP contribution in [0.25, 0.3) is 0 Å². The molecule has 3 rings (SSSR count). The Morgan fingerprint density at radius 1 is 0.590 bits per heavy atom. The van der Waals surface area contributed by atoms with Crippen LogP contribution in [-0.4, -0.2) is 36.8 Å². The highest BCUT2D eigenvalue weighted by molar-refractivity contribution is 7.67. The van der Waals surface area contributed by atoms with Crippen molar-refractivity contribution in [3.05, 3.63) is 27.8 Å². The molecule has 2 fully saturated rings. The molecule has 0 bridgehead atoms. The third-order valence-corrected chi connectivity index (χ3v) is 9.86. The van der Waals surface area contributed by atoms with Gasteiger partial charge in [-0.3, -0.25) is 0 Å². The number of piperidine rings is 2. The van der Waals surface area contributed by atoms with E-state index in [4.69, 9.17) is 0 Å². The summed E-state index contributed by atoms with van der Waals surface area (Å²) in [6.45, 7) is 33.4. The van der Waals surface area contributed by atoms with Gasteiger partial charge in [-0.15, -0.1) is 0 Å². The molecule has 0 spiro atoms. The molecule has 1 aromatic carbocycles. The summed E-state index contributed by atoms with van der Waals surface area (Å²) in [6.07, 6.45) is 3.80. The van der Waals surface area contributed by atoms with Crippen molar-refractivity contribution in [2.24, 2.45) is 0 Å². The summed E-state index contributed by atoms with van der Waals surface area (Å²) in [5, 5.41) is 8.10. The molecule has 0 unspecified atom stereocenters. The SMILES string of the molecule is Cc1c(C2CC(C)(C)NC(C)(C)C2)c(C(C)(C)C)c([P+](O)(O)O)c(C(C)(C)C)c1C1CC(C)(C)NC(C)(C)C1. The Morgan fingerprint density at radius 2 is 0.846 bits per heavy atom. The molecular weight excluding hydrogens is 503 g/mol. The van der Waals surface area contributed by atoms with Crippen molar-refractivity contribution in [1.82, 2.24) is 10.6 Å². The van der Waals surface area contributed by atoms with Crippen LogP contribution in [0.4, 0.5) is 0 Å². The summed E-state index contributed by atoms with van der Waals surface area (Å²) >= 11 is 0. The predicted octanol–water partition coefficient (Wildman–Crippen LogP) is 7.00. The minimum atomic E-state index is -4.37. The van der Waals surface area contributed by atoms with Gasteiger partial charge in [-0.2, -0.15) is 14.7 Å². The van der Waals surface area contributed by atoms with Gasteiger partial charge in [0.1, 0.15) is 0 Å². The number of rotatable bonds is 3. The number of hydrogen-bond donors (Lipinski definition) is 5. The van der Waals surface area contributed by atoms with E-state index in [9.17, 15) is 14.7 Å². The van der Waals surface area contributed by atoms with Crippen molar-refractivity contribution in [3.8, 4) is 0 Å². The van der Waals surface area contributed by atoms with E-state index >= 15 is 0 Å². The topological polar surface area (TPSA) is 84.8 Å². The van der Waals surface area contributed by atoms with Crippen molar-refractivity contribution < 1.29 is 14.7 Å². The summed E-state index contributed by atoms with van der Waals surface area (Å²) in [5.74, 6) is 0.456. The summed E-state index contributed by atoms with van der Waals surface area (Å²) in [7, 11) is -4.37. The lowest BCUT2D eigenvalue weighted by Gasteiger charge is -2.50. The zero-order valence-corrected chi connectivity index (χ0v) is 28.7. The normalized spacial score (nSPS) is 24.2. The van der Waals surface area contributed by atoms with Crippen LogP contribution in [0.3, 0.4) is 0 Å². The first-order valence-corrected chi connectivity index (χ1v) is 16.6. The summed E-state index contributed by atoms with van der Waals surface area (Å²) in [6, 6.07) is 0. The Labute approximate surface area is 240 Å². The highest BCUT2D eigenvalue weighted by Crippen LogP contribution is 2.56. The van der Waals surface area contributed by atoms with Crippen LogP contribution in [-0.2, 0) is 10.8 Å². The molecule has 1 aromatic rings. The van der Waals surface area contributed by atoms with E-state index in [1.807, 2.05) is 0 Å². The van der Waals surface area contributed by atoms with Gasteiger partial charge in [-0.1, -0.05) is 41.5 Å². The molecule has 0 amide bonds. The first-order chi connectivity index (χ1) is 17.1. The lowest BCUT2D eigenvalue weighted by molar-refractivity contribution is 0.158. The number of benzene rings is 1. The maximum atomic E-state index is 11.3. The lowest BCUT2D eigenvalue weighted by Crippen LogP contribution is -2.58. The standard InChI is InChI=1S/C33H60N2O3P/c1-20-23(21-16-30(8,9)34-31(10,11)17-21)25(28(2,3)4)27(39(36,37)38)26(29(5,6)7)24(20)22-18-32(12,13)35-33(14,15)19-22/h21-22,34-38H,16-19H2,1-15H3/q+1. The van der Waals surface area contributed by atoms with E-state index in [0.717, 1.165) is 36.8 Å². The molecule has 224 valence electrons. The molecule has 2 heterocycles. The van der Waals surface area contributed by atoms with E-state index < -0.39 is 7.94 Å². The molecule has 2 aliphatic rings. The van der Waals surface area contributed by atoms with E-state index in [0.29, 0.717) is 5.30 Å². The van der Waals surface area contributed by atoms with Gasteiger partial charge in [-0.05, 0) is 127 Å². The monoisotopic (exact) mass is 563 g/mol. The van der Waals surface area contributed by atoms with Crippen LogP contribution in [0.15, 0.2) is 0 Å². The molecule has 2 saturated heterocycles. The van der Waals surface area contributed by atoms with Gasteiger partial charge in [0.15, 0.2) is 5.30 Å². The third kappa shape index (κ3) is 7.09. The molecular formula is C33H60N2O3P+. The van der Waals surface area contributed by atoms with Gasteiger partial charge in [0.25, 0.3) is 0 Å². The van der Waals surface area contributed by atoms with Gasteiger partial charge in [0.05, 0.1) is 0 Å². The van der Waals surface area contributed by atoms with Gasteiger partial charge in [-0.25, -0.2) is 0 Å². The second-order valence-corrected chi connectivity index (χ2v) is 19.2. The lowest BCUT2D eigenvalue weighted by atomic mass is 9.63. The second-order valence-electron chi connectivity index (χ2n) is 17.6. The van der Waals surface area contributed by atoms with Crippen LogP contribution in [0, 0.1) is 6.92 Å². The molecule has 6 heteroatoms. The molecule has 0 aliphatic carbocycles. The minimum absolute atomic E-state index is 0.0698. The first kappa shape index (κ1) is 33.0. The Bertz CT molecular complexity index is 989. The van der Waals surface area contributed by atoms with Gasteiger partial charge in [0, 0.05) is 33.3 Å². The molecule has 0 saturated carbocycles. The second kappa shape index (κ2) is 9.75. The quantitative estimate of drug-likeness (QED) is 0.256. The zero-order chi connectivity index (χ0) is 30.4. The fraction of sp³-hybridized carbons (Fsp3) is 0.818. The highest BCUT2D eigenvalue weighted by atomic mass is 31.2. The average molecular weight is 564 g/mol. The van der Waals surface area contributed by atoms with Gasteiger partial charge in [0.2, 0.25) is 0 Å². The fourth-order valence-corrected chi connectivity index (χ4v) is 10.3. The van der Waals surface area contributed by atoms with Crippen LogP contribution < -0.4 is 15.9 Å². The molecule has 0 radical (unpaired) electrons. The van der Waals surface area contributed by atoms with Crippen molar-refractivity contribution >= 4 is 13.2 Å². The van der Waals surface area contributed by atoms with E-state index in [2.05, 4.69) is 114 Å². The van der Waals surface area contributed by atoms with Gasteiger partial charge >= 0.3 is 7.94 Å². The summed E-state index contributed by atoms with van der Waals surface area (Å²) in [4.78, 5) is 34.0. The average Bonchev–Trinajstić information content (AvgIpc) is 2.58. The largest absolute Gasteiger partial charge is 0.441 e. The smallest absolute Gasteiger partial charge is 0.307 e. The van der Waals surface area contributed by atoms with E-state index in [1.165, 1.54) is 16.7 Å². The maximum Gasteiger partial charge on any atom is 0.441 e. The van der Waals surface area contributed by atoms with Crippen molar-refractivity contribution in [3.63, 3.8) is 0 Å². The molecule has 0 aromatic heterocycles. The number of nitrogens with one attached hydrogen (secondary N) is 2. The summed E-state index contributed by atoms with van der Waals surface area (Å²) < 4.78 is 0. The van der Waals surface area contributed by atoms with Crippen LogP contribution in [0.1, 0.15) is 162 Å². The third-order valence-electron chi connectivity index (χ3n) is 8.82. The molecule has 5 N–H and O–H groups in total. The molecule has 0 atom stereocenters. The number of hydrogen-bond acceptors (Lipinski definition) is 5. The fourth-order valence-electron chi connectivity index (χ4n) is 8.79. The van der Waals surface area contributed by atoms with Crippen LogP contribution in [0.5, 0.6) is 0 Å². The Balaban J connectivity index is 2.57. The van der Waals surface area contributed by atoms with E-state index in [-0.39, 0.29) is 44.8 Å². The van der Waals surface area contributed by atoms with Crippen LogP contribution in [0.2, 0.25) is 0 Å². The zero-order valence-electron chi connectivity index (χ0n) is 27.8. The Kier molecular flexibility index (Phi) is 8.24. The predicted molar refractivity (Wildman–Crippen MR) is 168 cm³/mol. The highest BCUT2D eigenvalue weighted by Gasteiger charge is 2.52. The van der Waals surface area contributed by atoms with Crippen LogP contribution >= 0.6 is 7.94 Å². The minimum Gasteiger partial charge on any atom is -0.307 e. The maximum absolute atomic E-state index is 11.3. The Morgan fingerprint density at radius 3 is 1.05 bits per heavy atom. The molecule has 39 heavy (non-hydrogen) atoms. The van der Waals surface area contributed by atoms with Crippen molar-refractivity contribution in [2.45, 2.75) is 174 Å². The van der Waals surface area contributed by atoms with Crippen molar-refractivity contribution in [1.29, 1.82) is 0 Å². The molecule has 5 nitrogen and oxygen atoms in total. The van der Waals surface area contributed by atoms with E-state index in [1.54, 1.807) is 0 Å². The summed E-state index contributed by atoms with van der Waals surface area (Å²) in [5.41, 5.74) is 4.59. The Hall–Kier alpha value is -0.550. The first-order valence-electron chi connectivity index (χ1n) is 14.9. The molecule has 2 aliphatic heterocycles.